The molecule has 1 heterocycles. The SMILES string of the molecule is Cc1cc(NC(=O)Nc2cc(Cl)ccc2O)nn1C. The summed E-state index contributed by atoms with van der Waals surface area (Å²) < 4.78 is 1.65. The third-order valence-electron chi connectivity index (χ3n) is 2.56. The molecule has 0 atom stereocenters. The summed E-state index contributed by atoms with van der Waals surface area (Å²) >= 11 is 5.79. The summed E-state index contributed by atoms with van der Waals surface area (Å²) in [5, 5.41) is 19.1. The number of hydrogen-bond acceptors (Lipinski definition) is 3. The molecule has 0 aliphatic rings. The molecule has 100 valence electrons. The zero-order valence-electron chi connectivity index (χ0n) is 10.4. The van der Waals surface area contributed by atoms with Crippen molar-refractivity contribution in [2.24, 2.45) is 7.05 Å². The van der Waals surface area contributed by atoms with E-state index >= 15 is 0 Å². The van der Waals surface area contributed by atoms with Crippen molar-refractivity contribution >= 4 is 29.1 Å². The Morgan fingerprint density at radius 2 is 2.11 bits per heavy atom. The number of halogens is 1. The second kappa shape index (κ2) is 5.19. The number of nitrogens with zero attached hydrogens (tertiary/aromatic N) is 2. The summed E-state index contributed by atoms with van der Waals surface area (Å²) in [6, 6.07) is 5.62. The van der Waals surface area contributed by atoms with E-state index in [4.69, 9.17) is 11.6 Å². The van der Waals surface area contributed by atoms with E-state index in [9.17, 15) is 9.90 Å². The first kappa shape index (κ1) is 13.2. The van der Waals surface area contributed by atoms with Crippen LogP contribution in [0.4, 0.5) is 16.3 Å². The first-order chi connectivity index (χ1) is 8.95. The van der Waals surface area contributed by atoms with Gasteiger partial charge in [0.15, 0.2) is 5.82 Å². The molecule has 0 saturated heterocycles. The minimum atomic E-state index is -0.504. The standard InChI is InChI=1S/C12H13ClN4O2/c1-7-5-11(16-17(7)2)15-12(19)14-9-6-8(13)3-4-10(9)18/h3-6,18H,1-2H3,(H2,14,15,16,19). The van der Waals surface area contributed by atoms with Crippen LogP contribution in [0.3, 0.4) is 0 Å². The molecular weight excluding hydrogens is 268 g/mol. The molecule has 3 N–H and O–H groups in total. The number of amides is 2. The molecule has 7 heteroatoms. The molecule has 0 fully saturated rings. The minimum absolute atomic E-state index is 0.0586. The van der Waals surface area contributed by atoms with E-state index in [0.29, 0.717) is 10.8 Å². The third kappa shape index (κ3) is 3.17. The van der Waals surface area contributed by atoms with Crippen LogP contribution >= 0.6 is 11.6 Å². The van der Waals surface area contributed by atoms with Gasteiger partial charge in [-0.3, -0.25) is 10.00 Å². The first-order valence-corrected chi connectivity index (χ1v) is 5.90. The largest absolute Gasteiger partial charge is 0.506 e. The Bertz CT molecular complexity index is 605. The van der Waals surface area contributed by atoms with Crippen molar-refractivity contribution in [1.82, 2.24) is 9.78 Å². The van der Waals surface area contributed by atoms with E-state index < -0.39 is 6.03 Å². The monoisotopic (exact) mass is 280 g/mol. The van der Waals surface area contributed by atoms with Gasteiger partial charge in [-0.25, -0.2) is 4.79 Å². The van der Waals surface area contributed by atoms with Crippen LogP contribution in [0.25, 0.3) is 0 Å². The van der Waals surface area contributed by atoms with Gasteiger partial charge in [0.2, 0.25) is 0 Å². The van der Waals surface area contributed by atoms with E-state index in [1.165, 1.54) is 18.2 Å². The maximum absolute atomic E-state index is 11.7. The number of aromatic nitrogens is 2. The van der Waals surface area contributed by atoms with Crippen molar-refractivity contribution in [2.75, 3.05) is 10.6 Å². The fraction of sp³-hybridized carbons (Fsp3) is 0.167. The Morgan fingerprint density at radius 3 is 2.74 bits per heavy atom. The van der Waals surface area contributed by atoms with Gasteiger partial charge in [-0.2, -0.15) is 5.10 Å². The van der Waals surface area contributed by atoms with Crippen LogP contribution in [0, 0.1) is 6.92 Å². The number of anilines is 2. The number of phenols is 1. The summed E-state index contributed by atoms with van der Waals surface area (Å²) in [7, 11) is 1.78. The molecule has 0 aliphatic heterocycles. The Labute approximate surface area is 115 Å². The number of rotatable bonds is 2. The predicted molar refractivity (Wildman–Crippen MR) is 73.7 cm³/mol. The predicted octanol–water partition coefficient (Wildman–Crippen LogP) is 2.73. The van der Waals surface area contributed by atoms with E-state index in [2.05, 4.69) is 15.7 Å². The Hall–Kier alpha value is -2.21. The van der Waals surface area contributed by atoms with Crippen molar-refractivity contribution in [3.8, 4) is 5.75 Å². The normalized spacial score (nSPS) is 10.3. The number of aryl methyl sites for hydroxylation is 2. The average molecular weight is 281 g/mol. The highest BCUT2D eigenvalue weighted by molar-refractivity contribution is 6.31. The summed E-state index contributed by atoms with van der Waals surface area (Å²) in [6.45, 7) is 1.87. The lowest BCUT2D eigenvalue weighted by molar-refractivity contribution is 0.262. The quantitative estimate of drug-likeness (QED) is 0.740. The van der Waals surface area contributed by atoms with Gasteiger partial charge in [0, 0.05) is 23.8 Å². The zero-order valence-corrected chi connectivity index (χ0v) is 11.2. The van der Waals surface area contributed by atoms with E-state index in [1.807, 2.05) is 6.92 Å². The van der Waals surface area contributed by atoms with Crippen molar-refractivity contribution in [3.63, 3.8) is 0 Å². The molecule has 6 nitrogen and oxygen atoms in total. The van der Waals surface area contributed by atoms with Gasteiger partial charge in [-0.15, -0.1) is 0 Å². The fourth-order valence-electron chi connectivity index (χ4n) is 1.50. The van der Waals surface area contributed by atoms with Crippen LogP contribution in [-0.4, -0.2) is 20.9 Å². The molecule has 2 aromatic rings. The van der Waals surface area contributed by atoms with E-state index in [0.717, 1.165) is 5.69 Å². The lowest BCUT2D eigenvalue weighted by atomic mass is 10.3. The average Bonchev–Trinajstić information content (AvgIpc) is 2.63. The van der Waals surface area contributed by atoms with Gasteiger partial charge in [-0.1, -0.05) is 11.6 Å². The number of carbonyl (C=O) groups is 1. The van der Waals surface area contributed by atoms with Gasteiger partial charge in [-0.05, 0) is 25.1 Å². The van der Waals surface area contributed by atoms with E-state index in [-0.39, 0.29) is 11.4 Å². The highest BCUT2D eigenvalue weighted by Crippen LogP contribution is 2.26. The van der Waals surface area contributed by atoms with Crippen molar-refractivity contribution in [2.45, 2.75) is 6.92 Å². The van der Waals surface area contributed by atoms with Gasteiger partial charge >= 0.3 is 6.03 Å². The molecule has 0 bridgehead atoms. The number of benzene rings is 1. The zero-order chi connectivity index (χ0) is 14.0. The second-order valence-electron chi connectivity index (χ2n) is 4.04. The summed E-state index contributed by atoms with van der Waals surface area (Å²) in [5.41, 5.74) is 1.15. The molecule has 0 unspecified atom stereocenters. The molecule has 0 saturated carbocycles. The first-order valence-electron chi connectivity index (χ1n) is 5.53. The number of carbonyl (C=O) groups excluding carboxylic acids is 1. The van der Waals surface area contributed by atoms with Gasteiger partial charge < -0.3 is 10.4 Å². The number of aromatic hydroxyl groups is 1. The maximum atomic E-state index is 11.7. The minimum Gasteiger partial charge on any atom is -0.506 e. The Balaban J connectivity index is 2.07. The summed E-state index contributed by atoms with van der Waals surface area (Å²) in [6.07, 6.45) is 0. The van der Waals surface area contributed by atoms with Crippen LogP contribution in [0.1, 0.15) is 5.69 Å². The molecule has 1 aromatic carbocycles. The molecule has 0 aliphatic carbocycles. The van der Waals surface area contributed by atoms with Crippen LogP contribution in [-0.2, 0) is 7.05 Å². The lowest BCUT2D eigenvalue weighted by Crippen LogP contribution is -2.19. The van der Waals surface area contributed by atoms with Crippen LogP contribution < -0.4 is 10.6 Å². The van der Waals surface area contributed by atoms with Crippen molar-refractivity contribution < 1.29 is 9.90 Å². The number of nitrogens with one attached hydrogen (secondary N) is 2. The second-order valence-corrected chi connectivity index (χ2v) is 4.47. The summed E-state index contributed by atoms with van der Waals surface area (Å²) in [4.78, 5) is 11.7. The molecule has 2 amide bonds. The lowest BCUT2D eigenvalue weighted by Gasteiger charge is -2.07. The molecular formula is C12H13ClN4O2. The van der Waals surface area contributed by atoms with Crippen molar-refractivity contribution in [1.29, 1.82) is 0 Å². The highest BCUT2D eigenvalue weighted by Gasteiger charge is 2.09. The van der Waals surface area contributed by atoms with Gasteiger partial charge in [0.25, 0.3) is 0 Å². The fourth-order valence-corrected chi connectivity index (χ4v) is 1.67. The Kier molecular flexibility index (Phi) is 3.62. The van der Waals surface area contributed by atoms with Crippen LogP contribution in [0.15, 0.2) is 24.3 Å². The molecule has 0 radical (unpaired) electrons. The van der Waals surface area contributed by atoms with Gasteiger partial charge in [0.1, 0.15) is 5.75 Å². The number of phenolic OH excluding ortho intramolecular Hbond substituents is 1. The Morgan fingerprint density at radius 1 is 1.37 bits per heavy atom. The molecule has 19 heavy (non-hydrogen) atoms. The third-order valence-corrected chi connectivity index (χ3v) is 2.80. The number of urea groups is 1. The molecule has 1 aromatic heterocycles. The summed E-state index contributed by atoms with van der Waals surface area (Å²) in [5.74, 6) is 0.371. The number of hydrogen-bond donors (Lipinski definition) is 3. The topological polar surface area (TPSA) is 79.2 Å². The maximum Gasteiger partial charge on any atom is 0.325 e. The van der Waals surface area contributed by atoms with E-state index in [1.54, 1.807) is 17.8 Å². The van der Waals surface area contributed by atoms with Crippen molar-refractivity contribution in [3.05, 3.63) is 35.0 Å². The molecule has 2 rings (SSSR count). The highest BCUT2D eigenvalue weighted by atomic mass is 35.5. The smallest absolute Gasteiger partial charge is 0.325 e. The molecule has 0 spiro atoms. The van der Waals surface area contributed by atoms with Crippen LogP contribution in [0.5, 0.6) is 5.75 Å². The van der Waals surface area contributed by atoms with Crippen LogP contribution in [0.2, 0.25) is 5.02 Å². The van der Waals surface area contributed by atoms with Gasteiger partial charge in [0.05, 0.1) is 5.69 Å².